The van der Waals surface area contributed by atoms with Gasteiger partial charge in [0.2, 0.25) is 0 Å². The fourth-order valence-corrected chi connectivity index (χ4v) is 0.457. The van der Waals surface area contributed by atoms with Crippen LogP contribution in [-0.2, 0) is 4.74 Å². The van der Waals surface area contributed by atoms with E-state index in [4.69, 9.17) is 0 Å². The zero-order chi connectivity index (χ0) is 6.57. The van der Waals surface area contributed by atoms with Crippen LogP contribution in [0.5, 0.6) is 0 Å². The van der Waals surface area contributed by atoms with Crippen molar-refractivity contribution in [1.29, 1.82) is 0 Å². The lowest BCUT2D eigenvalue weighted by atomic mass is 10.8. The number of carbonyl (C=O) groups is 1. The Bertz CT molecular complexity index is 89.4. The molecular formula is C3H8FNO2Si. The van der Waals surface area contributed by atoms with E-state index >= 15 is 0 Å². The van der Waals surface area contributed by atoms with Gasteiger partial charge in [-0.1, -0.05) is 0 Å². The van der Waals surface area contributed by atoms with Crippen LogP contribution in [0.25, 0.3) is 0 Å². The number of carbonyl (C=O) groups excluding carboxylic acids is 1. The highest BCUT2D eigenvalue weighted by Crippen LogP contribution is 1.86. The summed E-state index contributed by atoms with van der Waals surface area (Å²) in [5.41, 5.74) is 3.99. The van der Waals surface area contributed by atoms with Gasteiger partial charge in [0.05, 0.1) is 0 Å². The lowest BCUT2D eigenvalue weighted by Gasteiger charge is -2.03. The van der Waals surface area contributed by atoms with Crippen LogP contribution in [0.4, 0.5) is 8.90 Å². The van der Waals surface area contributed by atoms with Crippen molar-refractivity contribution in [3.05, 3.63) is 0 Å². The Morgan fingerprint density at radius 2 is 2.50 bits per heavy atom. The molecule has 1 amide bonds. The van der Waals surface area contributed by atoms with Crippen LogP contribution >= 0.6 is 0 Å². The van der Waals surface area contributed by atoms with E-state index in [0.717, 1.165) is 0 Å². The SMILES string of the molecule is CC(OC(N)=O)[SiH2]F. The third-order valence-electron chi connectivity index (χ3n) is 0.535. The molecule has 0 aliphatic carbocycles. The molecule has 0 bridgehead atoms. The first-order valence-corrected chi connectivity index (χ1v) is 3.54. The number of halogens is 1. The average molecular weight is 137 g/mol. The van der Waals surface area contributed by atoms with Crippen molar-refractivity contribution < 1.29 is 13.6 Å². The van der Waals surface area contributed by atoms with Gasteiger partial charge in [0.15, 0.2) is 0 Å². The number of ether oxygens (including phenoxy) is 1. The number of rotatable bonds is 2. The maximum absolute atomic E-state index is 11.6. The maximum atomic E-state index is 11.6. The minimum absolute atomic E-state index is 0.576. The normalized spacial score (nSPS) is 14.2. The van der Waals surface area contributed by atoms with Crippen molar-refractivity contribution in [3.8, 4) is 0 Å². The summed E-state index contributed by atoms with van der Waals surface area (Å²) >= 11 is 0. The molecule has 0 rings (SSSR count). The quantitative estimate of drug-likeness (QED) is 0.411. The van der Waals surface area contributed by atoms with Gasteiger partial charge in [-0.05, 0) is 6.92 Å². The van der Waals surface area contributed by atoms with Crippen LogP contribution in [0.2, 0.25) is 0 Å². The molecule has 0 saturated carbocycles. The van der Waals surface area contributed by atoms with Crippen molar-refractivity contribution in [1.82, 2.24) is 0 Å². The number of primary amides is 1. The van der Waals surface area contributed by atoms with Crippen LogP contribution in [-0.4, -0.2) is 21.7 Å². The summed E-state index contributed by atoms with van der Waals surface area (Å²) in [6.45, 7) is 1.48. The Morgan fingerprint density at radius 3 is 2.62 bits per heavy atom. The van der Waals surface area contributed by atoms with E-state index in [1.165, 1.54) is 6.92 Å². The van der Waals surface area contributed by atoms with Gasteiger partial charge in [-0.25, -0.2) is 4.79 Å². The standard InChI is InChI=1S/C3H8FNO2Si/c1-2(8-4)7-3(5)6/h2H,8H2,1H3,(H2,5,6). The molecule has 0 aliphatic heterocycles. The molecule has 0 spiro atoms. The van der Waals surface area contributed by atoms with E-state index < -0.39 is 21.7 Å². The molecule has 0 radical (unpaired) electrons. The largest absolute Gasteiger partial charge is 0.448 e. The molecule has 0 aromatic heterocycles. The smallest absolute Gasteiger partial charge is 0.404 e. The first kappa shape index (κ1) is 7.42. The van der Waals surface area contributed by atoms with Gasteiger partial charge in [0.25, 0.3) is 9.85 Å². The highest BCUT2D eigenvalue weighted by Gasteiger charge is 2.03. The van der Waals surface area contributed by atoms with Crippen LogP contribution in [0.3, 0.4) is 0 Å². The van der Waals surface area contributed by atoms with E-state index in [2.05, 4.69) is 10.5 Å². The van der Waals surface area contributed by atoms with Crippen molar-refractivity contribution >= 4 is 15.9 Å². The molecule has 8 heavy (non-hydrogen) atoms. The fraction of sp³-hybridized carbons (Fsp3) is 0.667. The molecule has 5 heteroatoms. The van der Waals surface area contributed by atoms with Gasteiger partial charge in [-0.3, -0.25) is 0 Å². The minimum Gasteiger partial charge on any atom is -0.448 e. The van der Waals surface area contributed by atoms with E-state index in [9.17, 15) is 8.90 Å². The second-order valence-electron chi connectivity index (χ2n) is 1.40. The molecule has 3 nitrogen and oxygen atoms in total. The first-order valence-electron chi connectivity index (χ1n) is 2.19. The Labute approximate surface area is 49.0 Å². The Morgan fingerprint density at radius 1 is 2.00 bits per heavy atom. The highest BCUT2D eigenvalue weighted by molar-refractivity contribution is 6.28. The number of amides is 1. The topological polar surface area (TPSA) is 52.3 Å². The molecule has 48 valence electrons. The zero-order valence-electron chi connectivity index (χ0n) is 4.56. The maximum Gasteiger partial charge on any atom is 0.404 e. The zero-order valence-corrected chi connectivity index (χ0v) is 5.97. The third kappa shape index (κ3) is 3.60. The lowest BCUT2D eigenvalue weighted by Crippen LogP contribution is -2.23. The summed E-state index contributed by atoms with van der Waals surface area (Å²) in [4.78, 5) is 9.82. The van der Waals surface area contributed by atoms with E-state index in [1.807, 2.05) is 0 Å². The molecule has 2 N–H and O–H groups in total. The molecule has 0 aromatic rings. The van der Waals surface area contributed by atoms with E-state index in [-0.39, 0.29) is 0 Å². The van der Waals surface area contributed by atoms with E-state index in [1.54, 1.807) is 0 Å². The van der Waals surface area contributed by atoms with Crippen LogP contribution in [0.15, 0.2) is 0 Å². The molecule has 0 heterocycles. The summed E-state index contributed by atoms with van der Waals surface area (Å²) < 4.78 is 15.8. The molecule has 0 saturated heterocycles. The number of nitrogens with two attached hydrogens (primary N) is 1. The summed E-state index contributed by atoms with van der Waals surface area (Å²) in [5.74, 6) is 0. The summed E-state index contributed by atoms with van der Waals surface area (Å²) in [5, 5.41) is 0. The van der Waals surface area contributed by atoms with E-state index in [0.29, 0.717) is 0 Å². The number of hydrogen-bond donors (Lipinski definition) is 1. The van der Waals surface area contributed by atoms with Crippen molar-refractivity contribution in [2.75, 3.05) is 0 Å². The molecular weight excluding hydrogens is 129 g/mol. The molecule has 0 aromatic carbocycles. The highest BCUT2D eigenvalue weighted by atomic mass is 28.3. The third-order valence-corrected chi connectivity index (χ3v) is 1.14. The Balaban J connectivity index is 3.24. The molecule has 1 atom stereocenters. The van der Waals surface area contributed by atoms with Gasteiger partial charge in [0, 0.05) is 0 Å². The molecule has 0 fully saturated rings. The van der Waals surface area contributed by atoms with Crippen molar-refractivity contribution in [2.24, 2.45) is 5.73 Å². The van der Waals surface area contributed by atoms with Crippen LogP contribution in [0.1, 0.15) is 6.92 Å². The summed E-state index contributed by atoms with van der Waals surface area (Å²) in [7, 11) is -1.73. The minimum atomic E-state index is -1.73. The summed E-state index contributed by atoms with van der Waals surface area (Å²) in [6, 6.07) is 0. The predicted octanol–water partition coefficient (Wildman–Crippen LogP) is -0.519. The lowest BCUT2D eigenvalue weighted by molar-refractivity contribution is 0.145. The second kappa shape index (κ2) is 3.42. The first-order chi connectivity index (χ1) is 3.66. The fourth-order valence-electron chi connectivity index (χ4n) is 0.230. The molecule has 0 aliphatic rings. The number of hydrogen-bond acceptors (Lipinski definition) is 2. The van der Waals surface area contributed by atoms with Crippen LogP contribution < -0.4 is 5.73 Å². The van der Waals surface area contributed by atoms with Crippen molar-refractivity contribution in [3.63, 3.8) is 0 Å². The Kier molecular flexibility index (Phi) is 3.17. The predicted molar refractivity (Wildman–Crippen MR) is 29.8 cm³/mol. The van der Waals surface area contributed by atoms with Crippen molar-refractivity contribution in [2.45, 2.75) is 12.7 Å². The van der Waals surface area contributed by atoms with Gasteiger partial charge in [-0.15, -0.1) is 0 Å². The van der Waals surface area contributed by atoms with Gasteiger partial charge < -0.3 is 14.6 Å². The molecule has 1 unspecified atom stereocenters. The van der Waals surface area contributed by atoms with Gasteiger partial charge >= 0.3 is 6.09 Å². The van der Waals surface area contributed by atoms with Crippen LogP contribution in [0, 0.1) is 0 Å². The van der Waals surface area contributed by atoms with Gasteiger partial charge in [-0.2, -0.15) is 0 Å². The monoisotopic (exact) mass is 137 g/mol. The second-order valence-corrected chi connectivity index (χ2v) is 2.86. The van der Waals surface area contributed by atoms with Gasteiger partial charge in [0.1, 0.15) is 5.73 Å². The summed E-state index contributed by atoms with van der Waals surface area (Å²) in [6.07, 6.45) is -0.900. The average Bonchev–Trinajstić information content (AvgIpc) is 1.65. The Hall–Kier alpha value is -0.583.